The average Bonchev–Trinajstić information content (AvgIpc) is 3.51. The maximum atomic E-state index is 13.8. The fraction of sp³-hybridized carbons (Fsp3) is 0.235. The molecule has 4 aromatic rings. The van der Waals surface area contributed by atoms with E-state index in [4.69, 9.17) is 24.0 Å². The first-order chi connectivity index (χ1) is 20.7. The quantitative estimate of drug-likeness (QED) is 0.207. The van der Waals surface area contributed by atoms with Gasteiger partial charge in [0, 0.05) is 22.8 Å². The normalized spacial score (nSPS) is 18.4. The number of aliphatic hydroxyl groups excluding tert-OH is 1. The van der Waals surface area contributed by atoms with Gasteiger partial charge in [0.05, 0.1) is 55.5 Å². The van der Waals surface area contributed by atoms with Crippen molar-refractivity contribution in [2.45, 2.75) is 32.3 Å². The Bertz CT molecular complexity index is 1840. The van der Waals surface area contributed by atoms with Crippen LogP contribution >= 0.6 is 0 Å². The van der Waals surface area contributed by atoms with Crippen LogP contribution in [0.1, 0.15) is 57.0 Å². The van der Waals surface area contributed by atoms with Gasteiger partial charge in [0.15, 0.2) is 17.3 Å². The van der Waals surface area contributed by atoms with Crippen molar-refractivity contribution < 1.29 is 34.0 Å². The molecule has 3 aromatic carbocycles. The van der Waals surface area contributed by atoms with Crippen LogP contribution in [0.2, 0.25) is 0 Å². The molecule has 43 heavy (non-hydrogen) atoms. The van der Waals surface area contributed by atoms with Crippen LogP contribution in [0.15, 0.2) is 60.4 Å². The number of fused-ring (bicyclic) bond motifs is 4. The minimum Gasteiger partial charge on any atom is -0.507 e. The zero-order valence-electron chi connectivity index (χ0n) is 24.8. The van der Waals surface area contributed by atoms with Crippen molar-refractivity contribution in [1.82, 2.24) is 9.78 Å². The predicted octanol–water partition coefficient (Wildman–Crippen LogP) is 5.85. The van der Waals surface area contributed by atoms with Crippen molar-refractivity contribution in [3.05, 3.63) is 99.6 Å². The fourth-order valence-electron chi connectivity index (χ4n) is 6.17. The van der Waals surface area contributed by atoms with Gasteiger partial charge in [0.1, 0.15) is 28.6 Å². The summed E-state index contributed by atoms with van der Waals surface area (Å²) in [5.74, 6) is 1.13. The van der Waals surface area contributed by atoms with E-state index in [0.29, 0.717) is 56.6 Å². The van der Waals surface area contributed by atoms with Crippen molar-refractivity contribution in [2.75, 3.05) is 21.3 Å². The van der Waals surface area contributed by atoms with Gasteiger partial charge in [-0.25, -0.2) is 4.68 Å². The van der Waals surface area contributed by atoms with E-state index in [-0.39, 0.29) is 17.1 Å². The number of methoxy groups -OCH3 is 3. The third-order valence-electron chi connectivity index (χ3n) is 8.39. The first kappa shape index (κ1) is 28.1. The number of carbonyl (C=O) groups excluding carboxylic acids is 1. The summed E-state index contributed by atoms with van der Waals surface area (Å²) in [7, 11) is 4.55. The zero-order chi connectivity index (χ0) is 30.6. The molecule has 0 amide bonds. The highest BCUT2D eigenvalue weighted by atomic mass is 16.5. The summed E-state index contributed by atoms with van der Waals surface area (Å²) in [6, 6.07) is 15.0. The fourth-order valence-corrected chi connectivity index (χ4v) is 6.17. The van der Waals surface area contributed by atoms with Gasteiger partial charge in [0.2, 0.25) is 0 Å². The van der Waals surface area contributed by atoms with E-state index >= 15 is 0 Å². The molecule has 1 aliphatic heterocycles. The van der Waals surface area contributed by atoms with Crippen LogP contribution in [0.3, 0.4) is 0 Å². The van der Waals surface area contributed by atoms with Gasteiger partial charge in [-0.15, -0.1) is 0 Å². The third-order valence-corrected chi connectivity index (χ3v) is 8.39. The topological polar surface area (TPSA) is 112 Å². The van der Waals surface area contributed by atoms with Crippen molar-refractivity contribution in [2.24, 2.45) is 0 Å². The van der Waals surface area contributed by atoms with Crippen LogP contribution in [0.4, 0.5) is 0 Å². The highest BCUT2D eigenvalue weighted by Crippen LogP contribution is 2.62. The highest BCUT2D eigenvalue weighted by molar-refractivity contribution is 6.12. The lowest BCUT2D eigenvalue weighted by molar-refractivity contribution is 0.0966. The summed E-state index contributed by atoms with van der Waals surface area (Å²) < 4.78 is 24.8. The average molecular weight is 581 g/mol. The van der Waals surface area contributed by atoms with E-state index in [9.17, 15) is 15.0 Å². The number of para-hydroxylation sites is 2. The molecule has 2 heterocycles. The summed E-state index contributed by atoms with van der Waals surface area (Å²) >= 11 is 0. The molecular weight excluding hydrogens is 548 g/mol. The molecule has 0 saturated heterocycles. The van der Waals surface area contributed by atoms with E-state index in [1.807, 2.05) is 50.3 Å². The van der Waals surface area contributed by atoms with Crippen LogP contribution in [0.25, 0.3) is 17.8 Å². The number of aromatic nitrogens is 2. The summed E-state index contributed by atoms with van der Waals surface area (Å²) in [6.45, 7) is 5.37. The monoisotopic (exact) mass is 580 g/mol. The number of benzene rings is 3. The molecule has 9 nitrogen and oxygen atoms in total. The largest absolute Gasteiger partial charge is 0.507 e. The predicted molar refractivity (Wildman–Crippen MR) is 162 cm³/mol. The Morgan fingerprint density at radius 3 is 2.42 bits per heavy atom. The molecule has 1 aliphatic carbocycles. The van der Waals surface area contributed by atoms with Crippen molar-refractivity contribution in [1.29, 1.82) is 0 Å². The lowest BCUT2D eigenvalue weighted by Gasteiger charge is -2.34. The summed E-state index contributed by atoms with van der Waals surface area (Å²) in [6.07, 6.45) is 3.70. The van der Waals surface area contributed by atoms with Crippen molar-refractivity contribution in [3.63, 3.8) is 0 Å². The van der Waals surface area contributed by atoms with Gasteiger partial charge in [-0.1, -0.05) is 30.3 Å². The Morgan fingerprint density at radius 2 is 1.74 bits per heavy atom. The van der Waals surface area contributed by atoms with Crippen LogP contribution < -0.4 is 18.9 Å². The zero-order valence-corrected chi connectivity index (χ0v) is 24.8. The van der Waals surface area contributed by atoms with Gasteiger partial charge in [0.25, 0.3) is 0 Å². The van der Waals surface area contributed by atoms with Gasteiger partial charge in [-0.2, -0.15) is 5.10 Å². The van der Waals surface area contributed by atoms with Gasteiger partial charge in [-0.05, 0) is 51.1 Å². The second-order valence-corrected chi connectivity index (χ2v) is 10.7. The maximum Gasteiger partial charge on any atom is 0.193 e. The van der Waals surface area contributed by atoms with Gasteiger partial charge < -0.3 is 29.2 Å². The SMILES string of the molecule is COc1cccc(/C=C/C(=O)c2c(O)c(C)c(OC)c3c2OC2=Cc4c(c(C)nn4-c4ccccc4)[C@@H](O)[C@@]23C)c1OC. The second kappa shape index (κ2) is 10.4. The van der Waals surface area contributed by atoms with Crippen molar-refractivity contribution in [3.8, 4) is 34.4 Å². The summed E-state index contributed by atoms with van der Waals surface area (Å²) in [5.41, 5.74) is 3.12. The lowest BCUT2D eigenvalue weighted by Crippen LogP contribution is -2.34. The molecule has 0 unspecified atom stereocenters. The minimum absolute atomic E-state index is 0.0272. The molecule has 0 radical (unpaired) electrons. The number of ketones is 1. The Hall–Kier alpha value is -5.02. The van der Waals surface area contributed by atoms with E-state index in [2.05, 4.69) is 0 Å². The number of aliphatic hydroxyl groups is 1. The Balaban J connectivity index is 1.52. The standard InChI is InChI=1S/C34H32N2O7/c1-18-29(38)27(23(37)16-15-20-11-10-14-24(40-4)31(20)42-6)32-28(30(18)41-5)34(3)25(43-32)17-22-26(33(34)39)19(2)35-36(22)21-12-8-7-9-13-21/h7-17,33,38-39H,1-6H3/b16-15+/t33-,34+/m1/s1. The first-order valence-electron chi connectivity index (χ1n) is 13.8. The minimum atomic E-state index is -1.13. The number of hydrogen-bond acceptors (Lipinski definition) is 8. The van der Waals surface area contributed by atoms with E-state index in [1.165, 1.54) is 27.4 Å². The summed E-state index contributed by atoms with van der Waals surface area (Å²) in [5, 5.41) is 28.1. The van der Waals surface area contributed by atoms with Crippen LogP contribution in [0.5, 0.6) is 28.7 Å². The Labute approximate surface area is 249 Å². The number of aromatic hydroxyl groups is 1. The molecule has 220 valence electrons. The Kier molecular flexibility index (Phi) is 6.77. The molecule has 1 aromatic heterocycles. The number of ether oxygens (including phenoxy) is 4. The molecule has 2 aliphatic rings. The maximum absolute atomic E-state index is 13.8. The van der Waals surface area contributed by atoms with Crippen LogP contribution in [0, 0.1) is 13.8 Å². The molecule has 0 saturated carbocycles. The highest BCUT2D eigenvalue weighted by Gasteiger charge is 2.55. The molecule has 2 atom stereocenters. The number of phenolic OH excluding ortho intramolecular Hbond substituents is 1. The molecule has 2 N–H and O–H groups in total. The molecule has 0 bridgehead atoms. The first-order valence-corrected chi connectivity index (χ1v) is 13.8. The van der Waals surface area contributed by atoms with Crippen LogP contribution in [-0.4, -0.2) is 47.1 Å². The second-order valence-electron chi connectivity index (χ2n) is 10.7. The summed E-state index contributed by atoms with van der Waals surface area (Å²) in [4.78, 5) is 13.8. The van der Waals surface area contributed by atoms with Gasteiger partial charge >= 0.3 is 0 Å². The third kappa shape index (κ3) is 4.03. The van der Waals surface area contributed by atoms with E-state index in [0.717, 1.165) is 5.69 Å². The molecular formula is C34H32N2O7. The number of hydrogen-bond donors (Lipinski definition) is 2. The number of phenols is 1. The van der Waals surface area contributed by atoms with Gasteiger partial charge in [-0.3, -0.25) is 4.79 Å². The van der Waals surface area contributed by atoms with E-state index < -0.39 is 17.3 Å². The molecule has 6 rings (SSSR count). The smallest absolute Gasteiger partial charge is 0.193 e. The number of aryl methyl sites for hydroxylation is 1. The van der Waals surface area contributed by atoms with Crippen molar-refractivity contribution >= 4 is 17.9 Å². The number of allylic oxidation sites excluding steroid dienone is 1. The molecule has 9 heteroatoms. The number of carbonyl (C=O) groups is 1. The molecule has 0 fully saturated rings. The lowest BCUT2D eigenvalue weighted by atomic mass is 9.70. The van der Waals surface area contributed by atoms with Crippen LogP contribution in [-0.2, 0) is 5.41 Å². The molecule has 0 spiro atoms. The number of rotatable bonds is 7. The number of nitrogens with zero attached hydrogens (tertiary/aromatic N) is 2. The van der Waals surface area contributed by atoms with E-state index in [1.54, 1.807) is 35.9 Å². The Morgan fingerprint density at radius 1 is 1.02 bits per heavy atom.